The van der Waals surface area contributed by atoms with E-state index in [1.165, 1.54) is 12.1 Å². The van der Waals surface area contributed by atoms with Crippen LogP contribution in [0.4, 0.5) is 4.39 Å². The van der Waals surface area contributed by atoms with E-state index in [-0.39, 0.29) is 12.6 Å². The van der Waals surface area contributed by atoms with Gasteiger partial charge in [0.1, 0.15) is 22.9 Å². The summed E-state index contributed by atoms with van der Waals surface area (Å²) in [5.74, 6) is 1.80. The monoisotopic (exact) mass is 383 g/mol. The smallest absolute Gasteiger partial charge is 0.191 e. The molecule has 1 aliphatic rings. The van der Waals surface area contributed by atoms with Gasteiger partial charge in [-0.3, -0.25) is 4.99 Å². The summed E-state index contributed by atoms with van der Waals surface area (Å²) in [6.45, 7) is 3.42. The van der Waals surface area contributed by atoms with Gasteiger partial charge in [-0.05, 0) is 25.1 Å². The summed E-state index contributed by atoms with van der Waals surface area (Å²) < 4.78 is 30.6. The van der Waals surface area contributed by atoms with E-state index in [4.69, 9.17) is 13.9 Å². The van der Waals surface area contributed by atoms with E-state index in [1.54, 1.807) is 7.05 Å². The molecule has 7 heteroatoms. The molecule has 2 aromatic carbocycles. The van der Waals surface area contributed by atoms with Gasteiger partial charge in [-0.15, -0.1) is 0 Å². The zero-order chi connectivity index (χ0) is 19.5. The molecule has 0 fully saturated rings. The summed E-state index contributed by atoms with van der Waals surface area (Å²) in [4.78, 5) is 4.23. The standard InChI is InChI=1S/C21H22FN3O3/c1-13-17-5-3-4-6-18(17)28-19(13)10-25-21(23-2)24-9-14-7-16(22)8-15-11-26-12-27-20(14)15/h3-8H,9-12H2,1-2H3,(H2,23,24,25). The van der Waals surface area contributed by atoms with E-state index < -0.39 is 0 Å². The number of hydrogen-bond acceptors (Lipinski definition) is 4. The van der Waals surface area contributed by atoms with Crippen LogP contribution in [0.1, 0.15) is 22.5 Å². The van der Waals surface area contributed by atoms with Gasteiger partial charge in [-0.25, -0.2) is 4.39 Å². The third kappa shape index (κ3) is 3.66. The SMILES string of the molecule is CN=C(NCc1cc(F)cc2c1OCOC2)NCc1oc2ccccc2c1C. The fourth-order valence-electron chi connectivity index (χ4n) is 3.35. The minimum atomic E-state index is -0.314. The van der Waals surface area contributed by atoms with Crippen molar-refractivity contribution in [1.29, 1.82) is 0 Å². The number of furan rings is 1. The van der Waals surface area contributed by atoms with E-state index >= 15 is 0 Å². The lowest BCUT2D eigenvalue weighted by atomic mass is 10.1. The highest BCUT2D eigenvalue weighted by atomic mass is 19.1. The van der Waals surface area contributed by atoms with Crippen LogP contribution in [-0.4, -0.2) is 19.8 Å². The van der Waals surface area contributed by atoms with Gasteiger partial charge in [0.2, 0.25) is 0 Å². The first-order valence-electron chi connectivity index (χ1n) is 9.09. The molecule has 146 valence electrons. The van der Waals surface area contributed by atoms with Crippen LogP contribution in [0.25, 0.3) is 11.0 Å². The number of fused-ring (bicyclic) bond motifs is 2. The summed E-state index contributed by atoms with van der Waals surface area (Å²) in [6.07, 6.45) is 0. The first-order valence-corrected chi connectivity index (χ1v) is 9.09. The Labute approximate surface area is 162 Å². The molecule has 1 aliphatic heterocycles. The largest absolute Gasteiger partial charge is 0.467 e. The molecule has 3 aromatic rings. The molecule has 2 N–H and O–H groups in total. The highest BCUT2D eigenvalue weighted by Gasteiger charge is 2.17. The van der Waals surface area contributed by atoms with Gasteiger partial charge in [0.25, 0.3) is 0 Å². The third-order valence-corrected chi connectivity index (χ3v) is 4.78. The van der Waals surface area contributed by atoms with Crippen LogP contribution in [0.2, 0.25) is 0 Å². The zero-order valence-electron chi connectivity index (χ0n) is 15.8. The normalized spacial score (nSPS) is 13.9. The molecule has 0 bridgehead atoms. The minimum absolute atomic E-state index is 0.171. The summed E-state index contributed by atoms with van der Waals surface area (Å²) >= 11 is 0. The molecule has 2 heterocycles. The van der Waals surface area contributed by atoms with Crippen molar-refractivity contribution in [1.82, 2.24) is 10.6 Å². The second-order valence-corrected chi connectivity index (χ2v) is 6.59. The van der Waals surface area contributed by atoms with Crippen LogP contribution in [0, 0.1) is 12.7 Å². The molecule has 0 spiro atoms. The van der Waals surface area contributed by atoms with Crippen molar-refractivity contribution in [2.45, 2.75) is 26.6 Å². The first-order chi connectivity index (χ1) is 13.7. The quantitative estimate of drug-likeness (QED) is 0.532. The number of ether oxygens (including phenoxy) is 2. The Hall–Kier alpha value is -3.06. The number of rotatable bonds is 4. The Morgan fingerprint density at radius 1 is 1.18 bits per heavy atom. The molecule has 0 amide bonds. The minimum Gasteiger partial charge on any atom is -0.467 e. The number of hydrogen-bond donors (Lipinski definition) is 2. The molecule has 6 nitrogen and oxygen atoms in total. The maximum atomic E-state index is 13.9. The predicted octanol–water partition coefficient (Wildman–Crippen LogP) is 3.61. The van der Waals surface area contributed by atoms with Crippen molar-refractivity contribution in [3.8, 4) is 5.75 Å². The molecular formula is C21H22FN3O3. The Morgan fingerprint density at radius 3 is 2.82 bits per heavy atom. The lowest BCUT2D eigenvalue weighted by Crippen LogP contribution is -2.36. The molecule has 0 unspecified atom stereocenters. The topological polar surface area (TPSA) is 68.0 Å². The number of aliphatic imine (C=N–C) groups is 1. The number of guanidine groups is 1. The maximum Gasteiger partial charge on any atom is 0.191 e. The van der Waals surface area contributed by atoms with Crippen LogP contribution in [-0.2, 0) is 24.4 Å². The Kier molecular flexibility index (Phi) is 5.16. The number of nitrogens with one attached hydrogen (secondary N) is 2. The van der Waals surface area contributed by atoms with Crippen LogP contribution >= 0.6 is 0 Å². The summed E-state index contributed by atoms with van der Waals surface area (Å²) in [7, 11) is 1.69. The number of benzene rings is 2. The fraction of sp³-hybridized carbons (Fsp3) is 0.286. The fourth-order valence-corrected chi connectivity index (χ4v) is 3.35. The van der Waals surface area contributed by atoms with Crippen LogP contribution < -0.4 is 15.4 Å². The van der Waals surface area contributed by atoms with E-state index in [9.17, 15) is 4.39 Å². The van der Waals surface area contributed by atoms with Crippen LogP contribution in [0.3, 0.4) is 0 Å². The van der Waals surface area contributed by atoms with Gasteiger partial charge in [-0.2, -0.15) is 0 Å². The van der Waals surface area contributed by atoms with E-state index in [0.717, 1.165) is 27.9 Å². The highest BCUT2D eigenvalue weighted by Crippen LogP contribution is 2.29. The maximum absolute atomic E-state index is 13.9. The predicted molar refractivity (Wildman–Crippen MR) is 105 cm³/mol. The van der Waals surface area contributed by atoms with Crippen molar-refractivity contribution in [3.63, 3.8) is 0 Å². The van der Waals surface area contributed by atoms with Gasteiger partial charge < -0.3 is 24.5 Å². The Balaban J connectivity index is 1.43. The van der Waals surface area contributed by atoms with Crippen molar-refractivity contribution >= 4 is 16.9 Å². The Bertz CT molecular complexity index is 1030. The number of aryl methyl sites for hydroxylation is 1. The first kappa shape index (κ1) is 18.3. The molecular weight excluding hydrogens is 361 g/mol. The molecule has 4 rings (SSSR count). The molecule has 1 aromatic heterocycles. The number of nitrogens with zero attached hydrogens (tertiary/aromatic N) is 1. The lowest BCUT2D eigenvalue weighted by Gasteiger charge is -2.21. The van der Waals surface area contributed by atoms with E-state index in [0.29, 0.717) is 37.0 Å². The van der Waals surface area contributed by atoms with Gasteiger partial charge in [0, 0.05) is 35.7 Å². The van der Waals surface area contributed by atoms with Crippen LogP contribution in [0.5, 0.6) is 5.75 Å². The molecule has 0 saturated heterocycles. The van der Waals surface area contributed by atoms with Gasteiger partial charge in [0.05, 0.1) is 13.2 Å². The van der Waals surface area contributed by atoms with Crippen molar-refractivity contribution in [2.24, 2.45) is 4.99 Å². The Morgan fingerprint density at radius 2 is 2.00 bits per heavy atom. The summed E-state index contributed by atoms with van der Waals surface area (Å²) in [5, 5.41) is 7.54. The third-order valence-electron chi connectivity index (χ3n) is 4.78. The number of halogens is 1. The average molecular weight is 383 g/mol. The summed E-state index contributed by atoms with van der Waals surface area (Å²) in [5.41, 5.74) is 3.40. The van der Waals surface area contributed by atoms with Crippen molar-refractivity contribution < 1.29 is 18.3 Å². The molecule has 0 atom stereocenters. The zero-order valence-corrected chi connectivity index (χ0v) is 15.8. The average Bonchev–Trinajstić information content (AvgIpc) is 3.04. The number of para-hydroxylation sites is 1. The second kappa shape index (κ2) is 7.90. The van der Waals surface area contributed by atoms with E-state index in [1.807, 2.05) is 31.2 Å². The summed E-state index contributed by atoms with van der Waals surface area (Å²) in [6, 6.07) is 10.9. The van der Waals surface area contributed by atoms with Crippen molar-refractivity contribution in [3.05, 3.63) is 64.7 Å². The van der Waals surface area contributed by atoms with Crippen molar-refractivity contribution in [2.75, 3.05) is 13.8 Å². The van der Waals surface area contributed by atoms with Gasteiger partial charge in [0.15, 0.2) is 12.8 Å². The lowest BCUT2D eigenvalue weighted by molar-refractivity contribution is -0.0172. The van der Waals surface area contributed by atoms with Gasteiger partial charge in [-0.1, -0.05) is 18.2 Å². The molecule has 0 radical (unpaired) electrons. The molecule has 0 saturated carbocycles. The van der Waals surface area contributed by atoms with E-state index in [2.05, 4.69) is 15.6 Å². The highest BCUT2D eigenvalue weighted by molar-refractivity contribution is 5.83. The van der Waals surface area contributed by atoms with Crippen LogP contribution in [0.15, 0.2) is 45.8 Å². The molecule has 0 aliphatic carbocycles. The second-order valence-electron chi connectivity index (χ2n) is 6.59. The van der Waals surface area contributed by atoms with Gasteiger partial charge >= 0.3 is 0 Å². The molecule has 28 heavy (non-hydrogen) atoms.